The van der Waals surface area contributed by atoms with Gasteiger partial charge >= 0.3 is 11.8 Å². The van der Waals surface area contributed by atoms with Gasteiger partial charge in [-0.3, -0.25) is 9.59 Å². The van der Waals surface area contributed by atoms with Gasteiger partial charge in [0.15, 0.2) is 0 Å². The van der Waals surface area contributed by atoms with Crippen LogP contribution in [0.4, 0.5) is 5.69 Å². The number of para-hydroxylation sites is 1. The summed E-state index contributed by atoms with van der Waals surface area (Å²) in [6.07, 6.45) is 5.47. The first-order valence-corrected chi connectivity index (χ1v) is 8.59. The predicted molar refractivity (Wildman–Crippen MR) is 93.4 cm³/mol. The van der Waals surface area contributed by atoms with Crippen LogP contribution in [-0.4, -0.2) is 29.8 Å². The zero-order valence-electron chi connectivity index (χ0n) is 14.5. The van der Waals surface area contributed by atoms with Crippen molar-refractivity contribution in [1.29, 1.82) is 0 Å². The van der Waals surface area contributed by atoms with Gasteiger partial charge < -0.3 is 10.2 Å². The van der Waals surface area contributed by atoms with Gasteiger partial charge in [0.05, 0.1) is 0 Å². The Morgan fingerprint density at radius 1 is 0.957 bits per heavy atom. The lowest BCUT2D eigenvalue weighted by molar-refractivity contribution is -0.143. The molecule has 2 rings (SSSR count). The molecule has 23 heavy (non-hydrogen) atoms. The highest BCUT2D eigenvalue weighted by molar-refractivity contribution is 6.39. The highest BCUT2D eigenvalue weighted by Gasteiger charge is 2.24. The first-order chi connectivity index (χ1) is 10.9. The molecule has 1 aromatic rings. The van der Waals surface area contributed by atoms with Crippen molar-refractivity contribution in [3.05, 3.63) is 29.8 Å². The van der Waals surface area contributed by atoms with Crippen LogP contribution in [0.5, 0.6) is 0 Å². The molecule has 1 aromatic carbocycles. The molecule has 0 atom stereocenters. The number of likely N-dealkylation sites (tertiary alicyclic amines) is 1. The molecule has 2 amide bonds. The van der Waals surface area contributed by atoms with Crippen molar-refractivity contribution in [2.45, 2.75) is 58.3 Å². The van der Waals surface area contributed by atoms with Gasteiger partial charge in [-0.2, -0.15) is 0 Å². The van der Waals surface area contributed by atoms with E-state index in [0.717, 1.165) is 36.9 Å². The second-order valence-corrected chi connectivity index (χ2v) is 7.31. The molecule has 0 aliphatic carbocycles. The van der Waals surface area contributed by atoms with E-state index in [-0.39, 0.29) is 5.41 Å². The number of anilines is 1. The second kappa shape index (κ2) is 7.62. The van der Waals surface area contributed by atoms with Crippen molar-refractivity contribution >= 4 is 17.5 Å². The zero-order valence-corrected chi connectivity index (χ0v) is 14.5. The van der Waals surface area contributed by atoms with Crippen LogP contribution >= 0.6 is 0 Å². The number of amides is 2. The minimum Gasteiger partial charge on any atom is -0.334 e. The largest absolute Gasteiger partial charge is 0.334 e. The van der Waals surface area contributed by atoms with E-state index in [2.05, 4.69) is 26.1 Å². The van der Waals surface area contributed by atoms with Crippen LogP contribution in [0.2, 0.25) is 0 Å². The Bertz CT molecular complexity index is 553. The van der Waals surface area contributed by atoms with Crippen LogP contribution in [0.3, 0.4) is 0 Å². The highest BCUT2D eigenvalue weighted by Crippen LogP contribution is 2.29. The van der Waals surface area contributed by atoms with Gasteiger partial charge in [0.2, 0.25) is 0 Å². The Labute approximate surface area is 139 Å². The van der Waals surface area contributed by atoms with E-state index in [0.29, 0.717) is 13.1 Å². The van der Waals surface area contributed by atoms with Crippen LogP contribution in [-0.2, 0) is 15.0 Å². The maximum absolute atomic E-state index is 12.4. The minimum atomic E-state index is -0.526. The quantitative estimate of drug-likeness (QED) is 0.803. The summed E-state index contributed by atoms with van der Waals surface area (Å²) in [6.45, 7) is 7.66. The monoisotopic (exact) mass is 316 g/mol. The molecule has 0 unspecified atom stereocenters. The van der Waals surface area contributed by atoms with E-state index in [1.807, 2.05) is 24.3 Å². The Hall–Kier alpha value is -1.84. The Morgan fingerprint density at radius 2 is 1.52 bits per heavy atom. The molecular formula is C19H28N2O2. The molecule has 4 heteroatoms. The Morgan fingerprint density at radius 3 is 2.13 bits per heavy atom. The first kappa shape index (κ1) is 17.5. The molecule has 126 valence electrons. The van der Waals surface area contributed by atoms with Crippen LogP contribution < -0.4 is 5.32 Å². The van der Waals surface area contributed by atoms with E-state index < -0.39 is 11.8 Å². The summed E-state index contributed by atoms with van der Waals surface area (Å²) in [4.78, 5) is 26.5. The van der Waals surface area contributed by atoms with E-state index in [1.54, 1.807) is 4.90 Å². The summed E-state index contributed by atoms with van der Waals surface area (Å²) >= 11 is 0. The molecule has 0 spiro atoms. The average molecular weight is 316 g/mol. The van der Waals surface area contributed by atoms with Gasteiger partial charge in [-0.25, -0.2) is 0 Å². The zero-order chi connectivity index (χ0) is 16.9. The molecule has 1 saturated heterocycles. The third-order valence-corrected chi connectivity index (χ3v) is 4.32. The van der Waals surface area contributed by atoms with Gasteiger partial charge in [0.1, 0.15) is 0 Å². The van der Waals surface area contributed by atoms with Gasteiger partial charge in [-0.15, -0.1) is 0 Å². The Balaban J connectivity index is 2.08. The highest BCUT2D eigenvalue weighted by atomic mass is 16.2. The third-order valence-electron chi connectivity index (χ3n) is 4.32. The molecule has 1 aliphatic rings. The number of nitrogens with zero attached hydrogens (tertiary/aromatic N) is 1. The molecule has 1 heterocycles. The van der Waals surface area contributed by atoms with Crippen molar-refractivity contribution in [1.82, 2.24) is 4.90 Å². The summed E-state index contributed by atoms with van der Waals surface area (Å²) in [6, 6.07) is 7.69. The third kappa shape index (κ3) is 4.81. The predicted octanol–water partition coefficient (Wildman–Crippen LogP) is 3.72. The lowest BCUT2D eigenvalue weighted by Crippen LogP contribution is -2.41. The van der Waals surface area contributed by atoms with Crippen molar-refractivity contribution in [2.24, 2.45) is 0 Å². The number of hydrogen-bond acceptors (Lipinski definition) is 2. The fourth-order valence-corrected chi connectivity index (χ4v) is 3.02. The number of carbonyl (C=O) groups excluding carboxylic acids is 2. The molecule has 0 radical (unpaired) electrons. The maximum Gasteiger partial charge on any atom is 0.313 e. The summed E-state index contributed by atoms with van der Waals surface area (Å²) in [5, 5.41) is 2.82. The van der Waals surface area contributed by atoms with Crippen LogP contribution in [0, 0.1) is 0 Å². The number of carbonyl (C=O) groups is 2. The van der Waals surface area contributed by atoms with Gasteiger partial charge in [-0.05, 0) is 29.9 Å². The number of hydrogen-bond donors (Lipinski definition) is 1. The summed E-state index contributed by atoms with van der Waals surface area (Å²) in [5.74, 6) is -0.933. The van der Waals surface area contributed by atoms with Crippen LogP contribution in [0.25, 0.3) is 0 Å². The number of nitrogens with one attached hydrogen (secondary N) is 1. The SMILES string of the molecule is CC(C)(C)c1ccccc1NC(=O)C(=O)N1CCCCCCC1. The van der Waals surface area contributed by atoms with E-state index in [1.165, 1.54) is 6.42 Å². The topological polar surface area (TPSA) is 49.4 Å². The normalized spacial score (nSPS) is 16.4. The first-order valence-electron chi connectivity index (χ1n) is 8.59. The second-order valence-electron chi connectivity index (χ2n) is 7.31. The molecule has 1 aliphatic heterocycles. The molecule has 0 saturated carbocycles. The molecule has 4 nitrogen and oxygen atoms in total. The number of benzene rings is 1. The van der Waals surface area contributed by atoms with Crippen molar-refractivity contribution in [2.75, 3.05) is 18.4 Å². The van der Waals surface area contributed by atoms with Crippen LogP contribution in [0.15, 0.2) is 24.3 Å². The summed E-state index contributed by atoms with van der Waals surface area (Å²) < 4.78 is 0. The smallest absolute Gasteiger partial charge is 0.313 e. The molecule has 1 N–H and O–H groups in total. The summed E-state index contributed by atoms with van der Waals surface area (Å²) in [5.41, 5.74) is 1.67. The van der Waals surface area contributed by atoms with Gasteiger partial charge in [0.25, 0.3) is 0 Å². The lowest BCUT2D eigenvalue weighted by atomic mass is 9.86. The molecule has 0 bridgehead atoms. The number of rotatable bonds is 1. The van der Waals surface area contributed by atoms with E-state index in [9.17, 15) is 9.59 Å². The fraction of sp³-hybridized carbons (Fsp3) is 0.579. The Kier molecular flexibility index (Phi) is 5.80. The van der Waals surface area contributed by atoms with Crippen molar-refractivity contribution in [3.8, 4) is 0 Å². The maximum atomic E-state index is 12.4. The fourth-order valence-electron chi connectivity index (χ4n) is 3.02. The summed E-state index contributed by atoms with van der Waals surface area (Å²) in [7, 11) is 0. The van der Waals surface area contributed by atoms with E-state index >= 15 is 0 Å². The lowest BCUT2D eigenvalue weighted by Gasteiger charge is -2.26. The van der Waals surface area contributed by atoms with Crippen molar-refractivity contribution < 1.29 is 9.59 Å². The van der Waals surface area contributed by atoms with Crippen LogP contribution in [0.1, 0.15) is 58.4 Å². The van der Waals surface area contributed by atoms with Gasteiger partial charge in [0, 0.05) is 18.8 Å². The molecule has 0 aromatic heterocycles. The minimum absolute atomic E-state index is 0.0898. The van der Waals surface area contributed by atoms with Crippen molar-refractivity contribution in [3.63, 3.8) is 0 Å². The average Bonchev–Trinajstić information content (AvgIpc) is 2.45. The van der Waals surface area contributed by atoms with E-state index in [4.69, 9.17) is 0 Å². The molecular weight excluding hydrogens is 288 g/mol. The standard InChI is InChI=1S/C19H28N2O2/c1-19(2,3)15-11-7-8-12-16(15)20-17(22)18(23)21-13-9-5-4-6-10-14-21/h7-8,11-12H,4-6,9-10,13-14H2,1-3H3,(H,20,22). The molecule has 1 fully saturated rings. The van der Waals surface area contributed by atoms with Gasteiger partial charge in [-0.1, -0.05) is 58.2 Å².